The van der Waals surface area contributed by atoms with Crippen LogP contribution in [0.1, 0.15) is 30.1 Å². The Hall–Kier alpha value is -1.42. The number of anilines is 2. The number of carbonyl (C=O) groups excluding carboxylic acids is 1. The van der Waals surface area contributed by atoms with Crippen molar-refractivity contribution in [1.82, 2.24) is 0 Å². The van der Waals surface area contributed by atoms with Crippen LogP contribution in [-0.4, -0.2) is 26.2 Å². The number of nitrogens with two attached hydrogens (primary N) is 1. The zero-order valence-electron chi connectivity index (χ0n) is 11.4. The maximum absolute atomic E-state index is 11.9. The topological polar surface area (TPSA) is 55.6 Å². The van der Waals surface area contributed by atoms with Crippen LogP contribution in [0.4, 0.5) is 11.4 Å². The van der Waals surface area contributed by atoms with E-state index in [-0.39, 0.29) is 0 Å². The monoisotopic (exact) mass is 282 g/mol. The summed E-state index contributed by atoms with van der Waals surface area (Å²) in [5.74, 6) is 0.253. The molecule has 4 nitrogen and oxygen atoms in total. The third-order valence-corrected chi connectivity index (χ3v) is 4.05. The quantitative estimate of drug-likeness (QED) is 0.681. The van der Waals surface area contributed by atoms with E-state index in [9.17, 15) is 4.79 Å². The van der Waals surface area contributed by atoms with Gasteiger partial charge in [-0.05, 0) is 37.8 Å². The Balaban J connectivity index is 2.44. The fourth-order valence-corrected chi connectivity index (χ4v) is 2.70. The van der Waals surface area contributed by atoms with Gasteiger partial charge in [-0.3, -0.25) is 0 Å². The molecule has 5 heteroatoms. The maximum Gasteiger partial charge on any atom is 0.340 e. The van der Waals surface area contributed by atoms with Crippen molar-refractivity contribution >= 4 is 28.9 Å². The molecular formula is C14H19ClN2O2. The average molecular weight is 283 g/mol. The lowest BCUT2D eigenvalue weighted by Crippen LogP contribution is -2.32. The first-order valence-electron chi connectivity index (χ1n) is 6.36. The van der Waals surface area contributed by atoms with Gasteiger partial charge < -0.3 is 15.4 Å². The predicted octanol–water partition coefficient (Wildman–Crippen LogP) is 2.94. The molecule has 1 aromatic rings. The van der Waals surface area contributed by atoms with E-state index in [4.69, 9.17) is 22.1 Å². The highest BCUT2D eigenvalue weighted by molar-refractivity contribution is 6.34. The molecule has 2 rings (SSSR count). The number of rotatable bonds is 4. The number of carbonyl (C=O) groups is 1. The van der Waals surface area contributed by atoms with Crippen LogP contribution in [0.15, 0.2) is 12.1 Å². The number of nitrogen functional groups attached to an aromatic ring is 1. The molecule has 2 N–H and O–H groups in total. The largest absolute Gasteiger partial charge is 0.465 e. The second kappa shape index (κ2) is 5.29. The molecule has 1 fully saturated rings. The molecule has 1 atom stereocenters. The summed E-state index contributed by atoms with van der Waals surface area (Å²) in [6, 6.07) is 3.62. The van der Waals surface area contributed by atoms with Gasteiger partial charge in [0.25, 0.3) is 0 Å². The minimum Gasteiger partial charge on any atom is -0.465 e. The Labute approximate surface area is 118 Å². The molecule has 19 heavy (non-hydrogen) atoms. The van der Waals surface area contributed by atoms with Gasteiger partial charge >= 0.3 is 5.97 Å². The van der Waals surface area contributed by atoms with Gasteiger partial charge in [-0.1, -0.05) is 11.6 Å². The van der Waals surface area contributed by atoms with E-state index in [1.54, 1.807) is 12.1 Å². The Bertz CT molecular complexity index is 500. The molecule has 0 amide bonds. The maximum atomic E-state index is 11.9. The summed E-state index contributed by atoms with van der Waals surface area (Å²) in [4.78, 5) is 13.9. The number of methoxy groups -OCH3 is 1. The first-order chi connectivity index (χ1) is 8.95. The summed E-state index contributed by atoms with van der Waals surface area (Å²) in [7, 11) is 3.31. The van der Waals surface area contributed by atoms with Crippen molar-refractivity contribution in [3.63, 3.8) is 0 Å². The van der Waals surface area contributed by atoms with Crippen LogP contribution in [0.25, 0.3) is 0 Å². The molecule has 0 spiro atoms. The van der Waals surface area contributed by atoms with Gasteiger partial charge in [0.05, 0.1) is 23.4 Å². The van der Waals surface area contributed by atoms with Crippen molar-refractivity contribution in [2.45, 2.75) is 25.8 Å². The third kappa shape index (κ3) is 2.78. The van der Waals surface area contributed by atoms with Gasteiger partial charge in [-0.2, -0.15) is 0 Å². The molecule has 0 aliphatic heterocycles. The summed E-state index contributed by atoms with van der Waals surface area (Å²) in [6.45, 7) is 2.14. The standard InChI is InChI=1S/C14H19ClN2O2/c1-8(9-4-5-9)17(2)13-11(14(18)19-3)6-10(16)7-12(13)15/h6-9H,4-5,16H2,1-3H3. The molecule has 1 saturated carbocycles. The molecule has 0 radical (unpaired) electrons. The zero-order chi connectivity index (χ0) is 14.2. The Kier molecular flexibility index (Phi) is 3.90. The minimum atomic E-state index is -0.418. The number of hydrogen-bond acceptors (Lipinski definition) is 4. The molecule has 0 saturated heterocycles. The van der Waals surface area contributed by atoms with Gasteiger partial charge in [0.1, 0.15) is 0 Å². The van der Waals surface area contributed by atoms with Crippen molar-refractivity contribution < 1.29 is 9.53 Å². The van der Waals surface area contributed by atoms with Gasteiger partial charge in [0.2, 0.25) is 0 Å². The lowest BCUT2D eigenvalue weighted by atomic mass is 10.1. The third-order valence-electron chi connectivity index (χ3n) is 3.76. The van der Waals surface area contributed by atoms with Crippen molar-refractivity contribution in [3.8, 4) is 0 Å². The van der Waals surface area contributed by atoms with E-state index in [1.807, 2.05) is 11.9 Å². The van der Waals surface area contributed by atoms with Crippen LogP contribution in [0.5, 0.6) is 0 Å². The van der Waals surface area contributed by atoms with Crippen LogP contribution in [0, 0.1) is 5.92 Å². The first-order valence-corrected chi connectivity index (χ1v) is 6.73. The average Bonchev–Trinajstić information content (AvgIpc) is 3.19. The van der Waals surface area contributed by atoms with Crippen LogP contribution in [-0.2, 0) is 4.74 Å². The number of benzene rings is 1. The van der Waals surface area contributed by atoms with Crippen molar-refractivity contribution in [2.24, 2.45) is 5.92 Å². The Morgan fingerprint density at radius 3 is 2.68 bits per heavy atom. The Morgan fingerprint density at radius 1 is 1.53 bits per heavy atom. The van der Waals surface area contributed by atoms with Crippen LogP contribution < -0.4 is 10.6 Å². The van der Waals surface area contributed by atoms with E-state index in [0.717, 1.165) is 0 Å². The van der Waals surface area contributed by atoms with Gasteiger partial charge in [0.15, 0.2) is 0 Å². The molecule has 1 aliphatic carbocycles. The predicted molar refractivity (Wildman–Crippen MR) is 77.8 cm³/mol. The second-order valence-electron chi connectivity index (χ2n) is 5.08. The molecule has 0 aromatic heterocycles. The van der Waals surface area contributed by atoms with Crippen LogP contribution >= 0.6 is 11.6 Å². The normalized spacial score (nSPS) is 16.0. The molecule has 0 heterocycles. The minimum absolute atomic E-state index is 0.338. The van der Waals surface area contributed by atoms with Crippen LogP contribution in [0.2, 0.25) is 5.02 Å². The molecule has 1 aromatic carbocycles. The molecule has 104 valence electrons. The number of nitrogens with zero attached hydrogens (tertiary/aromatic N) is 1. The Morgan fingerprint density at radius 2 is 2.16 bits per heavy atom. The smallest absolute Gasteiger partial charge is 0.340 e. The highest BCUT2D eigenvalue weighted by atomic mass is 35.5. The first kappa shape index (κ1) is 14.0. The zero-order valence-corrected chi connectivity index (χ0v) is 12.2. The van der Waals surface area contributed by atoms with E-state index < -0.39 is 5.97 Å². The SMILES string of the molecule is COC(=O)c1cc(N)cc(Cl)c1N(C)C(C)C1CC1. The highest BCUT2D eigenvalue weighted by Gasteiger charge is 2.33. The van der Waals surface area contributed by atoms with Crippen molar-refractivity contribution in [2.75, 3.05) is 24.8 Å². The summed E-state index contributed by atoms with van der Waals surface area (Å²) in [6.07, 6.45) is 2.46. The fourth-order valence-electron chi connectivity index (χ4n) is 2.34. The second-order valence-corrected chi connectivity index (χ2v) is 5.49. The van der Waals surface area contributed by atoms with Crippen LogP contribution in [0.3, 0.4) is 0 Å². The van der Waals surface area contributed by atoms with Crippen molar-refractivity contribution in [1.29, 1.82) is 0 Å². The summed E-state index contributed by atoms with van der Waals surface area (Å²) in [5, 5.41) is 0.482. The lowest BCUT2D eigenvalue weighted by Gasteiger charge is -2.29. The number of ether oxygens (including phenoxy) is 1. The van der Waals surface area contributed by atoms with Crippen molar-refractivity contribution in [3.05, 3.63) is 22.7 Å². The molecule has 0 bridgehead atoms. The van der Waals surface area contributed by atoms with Gasteiger partial charge in [-0.25, -0.2) is 4.79 Å². The lowest BCUT2D eigenvalue weighted by molar-refractivity contribution is 0.0601. The van der Waals surface area contributed by atoms with E-state index >= 15 is 0 Å². The number of halogens is 1. The fraction of sp³-hybridized carbons (Fsp3) is 0.500. The van der Waals surface area contributed by atoms with Gasteiger partial charge in [0, 0.05) is 18.8 Å². The molecule has 1 aliphatic rings. The molecular weight excluding hydrogens is 264 g/mol. The summed E-state index contributed by atoms with van der Waals surface area (Å²) >= 11 is 6.27. The van der Waals surface area contributed by atoms with Gasteiger partial charge in [-0.15, -0.1) is 0 Å². The van der Waals surface area contributed by atoms with E-state index in [1.165, 1.54) is 20.0 Å². The summed E-state index contributed by atoms with van der Waals surface area (Å²) in [5.41, 5.74) is 7.33. The van der Waals surface area contributed by atoms with E-state index in [2.05, 4.69) is 6.92 Å². The molecule has 1 unspecified atom stereocenters. The summed E-state index contributed by atoms with van der Waals surface area (Å²) < 4.78 is 4.81. The highest BCUT2D eigenvalue weighted by Crippen LogP contribution is 2.40. The van der Waals surface area contributed by atoms with E-state index in [0.29, 0.717) is 33.9 Å². The number of hydrogen-bond donors (Lipinski definition) is 1. The number of esters is 1.